The van der Waals surface area contributed by atoms with E-state index in [1.165, 1.54) is 6.07 Å². The molecule has 1 heterocycles. The van der Waals surface area contributed by atoms with Gasteiger partial charge in [-0.1, -0.05) is 24.3 Å². The van der Waals surface area contributed by atoms with Gasteiger partial charge in [0.25, 0.3) is 0 Å². The van der Waals surface area contributed by atoms with Gasteiger partial charge in [-0.15, -0.1) is 0 Å². The van der Waals surface area contributed by atoms with Crippen LogP contribution in [-0.4, -0.2) is 14.3 Å². The van der Waals surface area contributed by atoms with Crippen molar-refractivity contribution in [1.82, 2.24) is 4.72 Å². The van der Waals surface area contributed by atoms with Gasteiger partial charge in [0, 0.05) is 12.2 Å². The fraction of sp³-hybridized carbons (Fsp3) is 0.235. The van der Waals surface area contributed by atoms with Crippen molar-refractivity contribution in [1.29, 1.82) is 0 Å². The molecule has 120 valence electrons. The summed E-state index contributed by atoms with van der Waals surface area (Å²) >= 11 is 0. The third-order valence-electron chi connectivity index (χ3n) is 4.16. The van der Waals surface area contributed by atoms with E-state index in [1.807, 2.05) is 31.2 Å². The highest BCUT2D eigenvalue weighted by Crippen LogP contribution is 2.33. The lowest BCUT2D eigenvalue weighted by atomic mass is 10.0. The van der Waals surface area contributed by atoms with E-state index in [0.29, 0.717) is 11.3 Å². The number of carbonyl (C=O) groups is 1. The molecule has 1 aliphatic heterocycles. The van der Waals surface area contributed by atoms with Gasteiger partial charge in [-0.05, 0) is 48.7 Å². The van der Waals surface area contributed by atoms with Crippen LogP contribution in [-0.2, 0) is 21.4 Å². The smallest absolute Gasteiger partial charge is 0.240 e. The van der Waals surface area contributed by atoms with Gasteiger partial charge in [-0.2, -0.15) is 0 Å². The minimum absolute atomic E-state index is 0.109. The van der Waals surface area contributed by atoms with Crippen molar-refractivity contribution >= 4 is 21.6 Å². The van der Waals surface area contributed by atoms with E-state index < -0.39 is 10.0 Å². The number of hydrogen-bond acceptors (Lipinski definition) is 3. The van der Waals surface area contributed by atoms with Crippen molar-refractivity contribution in [3.05, 3.63) is 59.2 Å². The average molecular weight is 330 g/mol. The summed E-state index contributed by atoms with van der Waals surface area (Å²) in [7, 11) is -3.63. The van der Waals surface area contributed by atoms with Crippen LogP contribution in [0.4, 0.5) is 5.69 Å². The first-order chi connectivity index (χ1) is 10.9. The van der Waals surface area contributed by atoms with Crippen molar-refractivity contribution in [2.75, 3.05) is 5.32 Å². The van der Waals surface area contributed by atoms with Crippen LogP contribution in [0.25, 0.3) is 0 Å². The molecule has 2 aromatic rings. The summed E-state index contributed by atoms with van der Waals surface area (Å²) in [5.74, 6) is -0.445. The lowest BCUT2D eigenvalue weighted by molar-refractivity contribution is -0.116. The fourth-order valence-electron chi connectivity index (χ4n) is 2.63. The van der Waals surface area contributed by atoms with Gasteiger partial charge in [-0.25, -0.2) is 13.1 Å². The Kier molecular flexibility index (Phi) is 3.95. The molecule has 6 heteroatoms. The number of hydrogen-bond donors (Lipinski definition) is 2. The van der Waals surface area contributed by atoms with Crippen molar-refractivity contribution in [3.8, 4) is 0 Å². The zero-order valence-electron chi connectivity index (χ0n) is 13.0. The Morgan fingerprint density at radius 2 is 1.91 bits per heavy atom. The Bertz CT molecular complexity index is 875. The van der Waals surface area contributed by atoms with Crippen molar-refractivity contribution < 1.29 is 13.2 Å². The summed E-state index contributed by atoms with van der Waals surface area (Å²) in [5.41, 5.74) is 3.36. The van der Waals surface area contributed by atoms with Crippen molar-refractivity contribution in [3.63, 3.8) is 0 Å². The maximum atomic E-state index is 12.5. The van der Waals surface area contributed by atoms with Crippen LogP contribution >= 0.6 is 0 Å². The zero-order chi connectivity index (χ0) is 16.6. The number of nitrogens with one attached hydrogen (secondary N) is 2. The maximum absolute atomic E-state index is 12.5. The van der Waals surface area contributed by atoms with E-state index in [-0.39, 0.29) is 23.3 Å². The molecule has 0 aliphatic carbocycles. The molecule has 0 radical (unpaired) electrons. The minimum atomic E-state index is -3.63. The van der Waals surface area contributed by atoms with Crippen LogP contribution in [0, 0.1) is 6.92 Å². The highest BCUT2D eigenvalue weighted by atomic mass is 32.2. The molecular formula is C17H18N2O3S. The van der Waals surface area contributed by atoms with Gasteiger partial charge in [-0.3, -0.25) is 4.79 Å². The Morgan fingerprint density at radius 1 is 1.17 bits per heavy atom. The number of fused-ring (bicyclic) bond motifs is 1. The maximum Gasteiger partial charge on any atom is 0.240 e. The summed E-state index contributed by atoms with van der Waals surface area (Å²) in [4.78, 5) is 11.8. The average Bonchev–Trinajstić information content (AvgIpc) is 2.81. The number of sulfonamides is 1. The van der Waals surface area contributed by atoms with Crippen LogP contribution in [0.15, 0.2) is 47.4 Å². The highest BCUT2D eigenvalue weighted by Gasteiger charge is 2.28. The largest absolute Gasteiger partial charge is 0.325 e. The van der Waals surface area contributed by atoms with Gasteiger partial charge >= 0.3 is 0 Å². The lowest BCUT2D eigenvalue weighted by Crippen LogP contribution is -2.23. The van der Waals surface area contributed by atoms with Crippen LogP contribution < -0.4 is 10.0 Å². The summed E-state index contributed by atoms with van der Waals surface area (Å²) in [6.45, 7) is 3.94. The molecule has 1 aliphatic rings. The first-order valence-electron chi connectivity index (χ1n) is 7.37. The third kappa shape index (κ3) is 3.00. The first kappa shape index (κ1) is 15.7. The normalized spacial score (nSPS) is 17.0. The molecule has 5 nitrogen and oxygen atoms in total. The fourth-order valence-corrected chi connectivity index (χ4v) is 3.67. The van der Waals surface area contributed by atoms with Gasteiger partial charge in [0.05, 0.1) is 10.8 Å². The molecule has 0 unspecified atom stereocenters. The summed E-state index contributed by atoms with van der Waals surface area (Å²) in [5, 5.41) is 2.74. The van der Waals surface area contributed by atoms with E-state index in [1.54, 1.807) is 19.1 Å². The Morgan fingerprint density at radius 3 is 2.65 bits per heavy atom. The summed E-state index contributed by atoms with van der Waals surface area (Å²) in [6, 6.07) is 12.3. The zero-order valence-corrected chi connectivity index (χ0v) is 13.8. The second-order valence-electron chi connectivity index (χ2n) is 5.71. The SMILES string of the molecule is Cc1ccccc1CNS(=O)(=O)c1ccc2c(c1)[C@@H](C)C(=O)N2. The predicted octanol–water partition coefficient (Wildman–Crippen LogP) is 2.53. The van der Waals surface area contributed by atoms with E-state index in [2.05, 4.69) is 10.0 Å². The molecule has 0 aromatic heterocycles. The second-order valence-corrected chi connectivity index (χ2v) is 7.48. The second kappa shape index (κ2) is 5.79. The molecule has 1 atom stereocenters. The summed E-state index contributed by atoms with van der Waals surface area (Å²) in [6.07, 6.45) is 0. The summed E-state index contributed by atoms with van der Waals surface area (Å²) < 4.78 is 27.6. The molecule has 0 saturated heterocycles. The number of carbonyl (C=O) groups excluding carboxylic acids is 1. The molecule has 0 fully saturated rings. The molecule has 0 saturated carbocycles. The molecule has 3 rings (SSSR count). The minimum Gasteiger partial charge on any atom is -0.325 e. The van der Waals surface area contributed by atoms with E-state index >= 15 is 0 Å². The quantitative estimate of drug-likeness (QED) is 0.904. The topological polar surface area (TPSA) is 75.3 Å². The number of benzene rings is 2. The lowest BCUT2D eigenvalue weighted by Gasteiger charge is -2.10. The molecule has 0 bridgehead atoms. The number of aryl methyl sites for hydroxylation is 1. The van der Waals surface area contributed by atoms with Crippen LogP contribution in [0.2, 0.25) is 0 Å². The van der Waals surface area contributed by atoms with Gasteiger partial charge in [0.15, 0.2) is 0 Å². The monoisotopic (exact) mass is 330 g/mol. The van der Waals surface area contributed by atoms with Crippen LogP contribution in [0.3, 0.4) is 0 Å². The Hall–Kier alpha value is -2.18. The molecular weight excluding hydrogens is 312 g/mol. The predicted molar refractivity (Wildman–Crippen MR) is 88.7 cm³/mol. The number of anilines is 1. The molecule has 2 N–H and O–H groups in total. The Labute approximate surface area is 135 Å². The van der Waals surface area contributed by atoms with E-state index in [4.69, 9.17) is 0 Å². The van der Waals surface area contributed by atoms with E-state index in [9.17, 15) is 13.2 Å². The molecule has 0 spiro atoms. The first-order valence-corrected chi connectivity index (χ1v) is 8.86. The van der Waals surface area contributed by atoms with Crippen LogP contribution in [0.5, 0.6) is 0 Å². The molecule has 23 heavy (non-hydrogen) atoms. The third-order valence-corrected chi connectivity index (χ3v) is 5.56. The number of amides is 1. The highest BCUT2D eigenvalue weighted by molar-refractivity contribution is 7.89. The molecule has 2 aromatic carbocycles. The van der Waals surface area contributed by atoms with E-state index in [0.717, 1.165) is 11.1 Å². The molecule has 1 amide bonds. The van der Waals surface area contributed by atoms with Gasteiger partial charge in [0.2, 0.25) is 15.9 Å². The van der Waals surface area contributed by atoms with Crippen LogP contribution in [0.1, 0.15) is 29.5 Å². The van der Waals surface area contributed by atoms with Crippen molar-refractivity contribution in [2.45, 2.75) is 31.2 Å². The standard InChI is InChI=1S/C17H18N2O3S/c1-11-5-3-4-6-13(11)10-18-23(21,22)14-7-8-16-15(9-14)12(2)17(20)19-16/h3-9,12,18H,10H2,1-2H3,(H,19,20)/t12-/m1/s1. The van der Waals surface area contributed by atoms with Gasteiger partial charge in [0.1, 0.15) is 0 Å². The van der Waals surface area contributed by atoms with Crippen molar-refractivity contribution in [2.24, 2.45) is 0 Å². The number of rotatable bonds is 4. The van der Waals surface area contributed by atoms with Gasteiger partial charge < -0.3 is 5.32 Å². The Balaban J connectivity index is 1.84.